The standard InChI is InChI=1S/C29H30N2O10S2/c1-15-8-10-20(11-9-15)31-27(36)22(13-21-7-6-12-42-21)30-29(31)43-28-26(40-19(5)35)25(39-18(4)34)24(38-17(3)33)23(41-28)14-37-16(2)32/h6-13,23-26,28H,14H2,1-5H3/b22-13+/t23-,24-,25+,26+,28+/m0/s1. The zero-order valence-electron chi connectivity index (χ0n) is 24.0. The molecule has 0 aliphatic carbocycles. The van der Waals surface area contributed by atoms with Gasteiger partial charge < -0.3 is 23.7 Å². The number of thioether (sulfide) groups is 1. The van der Waals surface area contributed by atoms with E-state index in [2.05, 4.69) is 4.99 Å². The molecule has 4 rings (SSSR count). The highest BCUT2D eigenvalue weighted by Crippen LogP contribution is 2.39. The van der Waals surface area contributed by atoms with E-state index in [1.54, 1.807) is 18.2 Å². The molecule has 0 N–H and O–H groups in total. The third kappa shape index (κ3) is 8.09. The maximum atomic E-state index is 13.7. The number of nitrogens with zero attached hydrogens (tertiary/aromatic N) is 2. The first-order valence-electron chi connectivity index (χ1n) is 13.1. The Kier molecular flexibility index (Phi) is 10.4. The van der Waals surface area contributed by atoms with Crippen LogP contribution in [-0.4, -0.2) is 71.4 Å². The predicted octanol–water partition coefficient (Wildman–Crippen LogP) is 3.62. The van der Waals surface area contributed by atoms with E-state index in [9.17, 15) is 24.0 Å². The molecular weight excluding hydrogens is 600 g/mol. The molecule has 1 fully saturated rings. The van der Waals surface area contributed by atoms with E-state index >= 15 is 0 Å². The Labute approximate surface area is 256 Å². The molecule has 0 spiro atoms. The zero-order chi connectivity index (χ0) is 31.3. The van der Waals surface area contributed by atoms with Crippen LogP contribution in [0.3, 0.4) is 0 Å². The van der Waals surface area contributed by atoms with E-state index < -0.39 is 59.6 Å². The van der Waals surface area contributed by atoms with Crippen LogP contribution in [0.5, 0.6) is 0 Å². The van der Waals surface area contributed by atoms with E-state index in [1.807, 2.05) is 36.6 Å². The molecule has 228 valence electrons. The summed E-state index contributed by atoms with van der Waals surface area (Å²) < 4.78 is 27.9. The summed E-state index contributed by atoms with van der Waals surface area (Å²) in [6.45, 7) is 6.20. The number of benzene rings is 1. The van der Waals surface area contributed by atoms with Gasteiger partial charge in [0.25, 0.3) is 5.91 Å². The van der Waals surface area contributed by atoms with E-state index in [1.165, 1.54) is 23.2 Å². The summed E-state index contributed by atoms with van der Waals surface area (Å²) in [7, 11) is 0. The smallest absolute Gasteiger partial charge is 0.303 e. The second-order valence-electron chi connectivity index (χ2n) is 9.60. The zero-order valence-corrected chi connectivity index (χ0v) is 25.6. The van der Waals surface area contributed by atoms with Crippen molar-refractivity contribution in [3.05, 3.63) is 57.9 Å². The summed E-state index contributed by atoms with van der Waals surface area (Å²) in [5.74, 6) is -3.22. The fourth-order valence-electron chi connectivity index (χ4n) is 4.39. The largest absolute Gasteiger partial charge is 0.463 e. The van der Waals surface area contributed by atoms with E-state index in [0.717, 1.165) is 43.0 Å². The lowest BCUT2D eigenvalue weighted by atomic mass is 9.99. The van der Waals surface area contributed by atoms with Gasteiger partial charge in [0, 0.05) is 32.6 Å². The lowest BCUT2D eigenvalue weighted by Gasteiger charge is -2.44. The normalized spacial score (nSPS) is 24.3. The molecule has 1 aromatic heterocycles. The van der Waals surface area contributed by atoms with Crippen molar-refractivity contribution >= 4 is 69.8 Å². The number of carbonyl (C=O) groups excluding carboxylic acids is 5. The Morgan fingerprint density at radius 3 is 2.14 bits per heavy atom. The summed E-state index contributed by atoms with van der Waals surface area (Å²) >= 11 is 2.38. The van der Waals surface area contributed by atoms with Gasteiger partial charge >= 0.3 is 23.9 Å². The number of carbonyl (C=O) groups is 5. The SMILES string of the molecule is CC(=O)OC[C@@H]1O[C@H](SC2=N/C(=C/c3cccs3)C(=O)N2c2ccc(C)cc2)[C@H](OC(C)=O)[C@H](OC(C)=O)[C@H]1OC(C)=O. The fraction of sp³-hybridized carbons (Fsp3) is 0.379. The van der Waals surface area contributed by atoms with Crippen LogP contribution in [0.1, 0.15) is 38.1 Å². The number of amides is 1. The molecule has 43 heavy (non-hydrogen) atoms. The molecule has 1 amide bonds. The number of anilines is 1. The minimum atomic E-state index is -1.34. The van der Waals surface area contributed by atoms with Gasteiger partial charge in [0.15, 0.2) is 28.9 Å². The van der Waals surface area contributed by atoms with Gasteiger partial charge in [-0.3, -0.25) is 28.9 Å². The van der Waals surface area contributed by atoms with Crippen LogP contribution in [0.25, 0.3) is 6.08 Å². The Hall–Kier alpha value is -4.01. The van der Waals surface area contributed by atoms with Crippen molar-refractivity contribution in [2.45, 2.75) is 64.5 Å². The molecule has 14 heteroatoms. The van der Waals surface area contributed by atoms with Crippen LogP contribution >= 0.6 is 23.1 Å². The second kappa shape index (κ2) is 14.0. The summed E-state index contributed by atoms with van der Waals surface area (Å²) in [5.41, 5.74) is 0.523. The van der Waals surface area contributed by atoms with Crippen molar-refractivity contribution in [3.63, 3.8) is 0 Å². The first-order valence-corrected chi connectivity index (χ1v) is 14.9. The Morgan fingerprint density at radius 1 is 0.930 bits per heavy atom. The fourth-order valence-corrected chi connectivity index (χ4v) is 6.24. The molecule has 0 bridgehead atoms. The third-order valence-corrected chi connectivity index (χ3v) is 8.03. The number of ether oxygens (including phenoxy) is 5. The van der Waals surface area contributed by atoms with Crippen LogP contribution in [0.15, 0.2) is 52.5 Å². The van der Waals surface area contributed by atoms with Crippen LogP contribution < -0.4 is 4.90 Å². The number of hydrogen-bond acceptors (Lipinski definition) is 13. The highest BCUT2D eigenvalue weighted by Gasteiger charge is 2.53. The Bertz CT molecular complexity index is 1440. The number of hydrogen-bond donors (Lipinski definition) is 0. The molecule has 2 aliphatic rings. The molecule has 1 aromatic carbocycles. The second-order valence-corrected chi connectivity index (χ2v) is 11.6. The summed E-state index contributed by atoms with van der Waals surface area (Å²) in [6, 6.07) is 10.9. The van der Waals surface area contributed by atoms with Gasteiger partial charge in [0.2, 0.25) is 0 Å². The summed E-state index contributed by atoms with van der Waals surface area (Å²) in [6.07, 6.45) is -3.42. The van der Waals surface area contributed by atoms with Gasteiger partial charge in [-0.15, -0.1) is 11.3 Å². The van der Waals surface area contributed by atoms with Crippen molar-refractivity contribution in [1.82, 2.24) is 0 Å². The van der Waals surface area contributed by atoms with Gasteiger partial charge in [-0.2, -0.15) is 0 Å². The molecule has 0 radical (unpaired) electrons. The number of rotatable bonds is 8. The third-order valence-electron chi connectivity index (χ3n) is 6.11. The summed E-state index contributed by atoms with van der Waals surface area (Å²) in [5, 5.41) is 2.07. The molecule has 12 nitrogen and oxygen atoms in total. The number of thiophene rings is 1. The van der Waals surface area contributed by atoms with Crippen LogP contribution in [0, 0.1) is 6.92 Å². The topological polar surface area (TPSA) is 147 Å². The average molecular weight is 631 g/mol. The maximum Gasteiger partial charge on any atom is 0.303 e. The van der Waals surface area contributed by atoms with Gasteiger partial charge in [-0.25, -0.2) is 4.99 Å². The van der Waals surface area contributed by atoms with Crippen molar-refractivity contribution in [3.8, 4) is 0 Å². The van der Waals surface area contributed by atoms with Crippen LogP contribution in [-0.2, 0) is 47.7 Å². The Morgan fingerprint density at radius 2 is 1.56 bits per heavy atom. The molecule has 2 aliphatic heterocycles. The van der Waals surface area contributed by atoms with E-state index in [0.29, 0.717) is 5.69 Å². The van der Waals surface area contributed by atoms with E-state index in [-0.39, 0.29) is 17.5 Å². The lowest BCUT2D eigenvalue weighted by molar-refractivity contribution is -0.237. The first kappa shape index (κ1) is 31.9. The molecule has 5 atom stereocenters. The molecular formula is C29H30N2O10S2. The number of aliphatic imine (C=N–C) groups is 1. The molecule has 2 aromatic rings. The number of amidine groups is 1. The average Bonchev–Trinajstić information content (AvgIpc) is 3.54. The molecule has 1 saturated heterocycles. The number of esters is 4. The lowest BCUT2D eigenvalue weighted by Crippen LogP contribution is -2.61. The van der Waals surface area contributed by atoms with Crippen molar-refractivity contribution in [1.29, 1.82) is 0 Å². The number of aryl methyl sites for hydroxylation is 1. The summed E-state index contributed by atoms with van der Waals surface area (Å²) in [4.78, 5) is 68.6. The van der Waals surface area contributed by atoms with Gasteiger partial charge in [0.05, 0.1) is 5.69 Å². The highest BCUT2D eigenvalue weighted by molar-refractivity contribution is 8.14. The van der Waals surface area contributed by atoms with Crippen molar-refractivity contribution in [2.24, 2.45) is 4.99 Å². The minimum absolute atomic E-state index is 0.163. The van der Waals surface area contributed by atoms with E-state index in [4.69, 9.17) is 23.7 Å². The van der Waals surface area contributed by atoms with Gasteiger partial charge in [-0.1, -0.05) is 35.5 Å². The Balaban J connectivity index is 1.78. The monoisotopic (exact) mass is 630 g/mol. The molecule has 3 heterocycles. The van der Waals surface area contributed by atoms with Crippen LogP contribution in [0.2, 0.25) is 0 Å². The van der Waals surface area contributed by atoms with Gasteiger partial charge in [0.1, 0.15) is 18.4 Å². The minimum Gasteiger partial charge on any atom is -0.463 e. The quantitative estimate of drug-likeness (QED) is 0.239. The maximum absolute atomic E-state index is 13.7. The predicted molar refractivity (Wildman–Crippen MR) is 158 cm³/mol. The molecule has 0 saturated carbocycles. The van der Waals surface area contributed by atoms with Crippen molar-refractivity contribution < 1.29 is 47.7 Å². The molecule has 0 unspecified atom stereocenters. The van der Waals surface area contributed by atoms with Crippen LogP contribution in [0.4, 0.5) is 5.69 Å². The van der Waals surface area contributed by atoms with Gasteiger partial charge in [-0.05, 0) is 36.6 Å². The first-order chi connectivity index (χ1) is 20.4. The van der Waals surface area contributed by atoms with Crippen molar-refractivity contribution in [2.75, 3.05) is 11.5 Å². The highest BCUT2D eigenvalue weighted by atomic mass is 32.2.